The summed E-state index contributed by atoms with van der Waals surface area (Å²) < 4.78 is 26.5. The molecule has 2 atom stereocenters. The van der Waals surface area contributed by atoms with Crippen LogP contribution in [0.4, 0.5) is 8.78 Å². The lowest BCUT2D eigenvalue weighted by Gasteiger charge is -2.30. The standard InChI is InChI=1S/C20H23F2N.ClH/c21-19-11-10-17(14-20(19)22)18-9-5-13-23(15-18)12-4-8-16-6-2-1-3-7-16;/h1-3,6-7,10-11,14,18H,4-5,8-9,12-13,15H2;1H. The molecule has 1 aliphatic rings. The Morgan fingerprint density at radius 2 is 1.79 bits per heavy atom. The fraction of sp³-hybridized carbons (Fsp3) is 0.400. The molecule has 3 rings (SSSR count). The van der Waals surface area contributed by atoms with Gasteiger partial charge in [-0.25, -0.2) is 8.78 Å². The summed E-state index contributed by atoms with van der Waals surface area (Å²) in [6.07, 6.45) is 4.52. The number of quaternary nitrogens is 1. The van der Waals surface area contributed by atoms with Crippen LogP contribution in [0.1, 0.15) is 36.3 Å². The SMILES string of the molecule is Fc1ccc(C2CCC[NH+](CCCc3ccccc3)C2)cc1F.[Cl-]. The van der Waals surface area contributed by atoms with Crippen molar-refractivity contribution in [2.75, 3.05) is 19.6 Å². The van der Waals surface area contributed by atoms with E-state index in [9.17, 15) is 8.78 Å². The van der Waals surface area contributed by atoms with Gasteiger partial charge in [-0.15, -0.1) is 0 Å². The Balaban J connectivity index is 0.00000208. The van der Waals surface area contributed by atoms with Crippen molar-refractivity contribution in [3.8, 4) is 0 Å². The minimum Gasteiger partial charge on any atom is -1.00 e. The second-order valence-corrected chi connectivity index (χ2v) is 6.56. The third kappa shape index (κ3) is 5.02. The third-order valence-electron chi connectivity index (χ3n) is 4.87. The second kappa shape index (κ2) is 9.14. The predicted molar refractivity (Wildman–Crippen MR) is 88.7 cm³/mol. The molecule has 0 aliphatic carbocycles. The first-order valence-corrected chi connectivity index (χ1v) is 8.55. The van der Waals surface area contributed by atoms with E-state index < -0.39 is 11.6 Å². The summed E-state index contributed by atoms with van der Waals surface area (Å²) in [6, 6.07) is 15.0. The van der Waals surface area contributed by atoms with E-state index in [0.717, 1.165) is 37.9 Å². The van der Waals surface area contributed by atoms with E-state index in [4.69, 9.17) is 0 Å². The third-order valence-corrected chi connectivity index (χ3v) is 4.87. The minimum atomic E-state index is -0.753. The van der Waals surface area contributed by atoms with E-state index in [-0.39, 0.29) is 12.4 Å². The van der Waals surface area contributed by atoms with Gasteiger partial charge in [0.2, 0.25) is 0 Å². The van der Waals surface area contributed by atoms with Gasteiger partial charge in [0, 0.05) is 12.3 Å². The first-order chi connectivity index (χ1) is 11.2. The molecule has 0 spiro atoms. The number of rotatable bonds is 5. The number of likely N-dealkylation sites (tertiary alicyclic amines) is 1. The maximum absolute atomic E-state index is 13.4. The van der Waals surface area contributed by atoms with Crippen LogP contribution in [-0.2, 0) is 6.42 Å². The molecule has 2 aromatic rings. The van der Waals surface area contributed by atoms with Gasteiger partial charge in [-0.05, 0) is 42.5 Å². The van der Waals surface area contributed by atoms with Crippen molar-refractivity contribution >= 4 is 0 Å². The van der Waals surface area contributed by atoms with Crippen molar-refractivity contribution in [2.45, 2.75) is 31.6 Å². The molecule has 0 bridgehead atoms. The van der Waals surface area contributed by atoms with Crippen LogP contribution in [0.15, 0.2) is 48.5 Å². The summed E-state index contributed by atoms with van der Waals surface area (Å²) in [5.41, 5.74) is 2.34. The van der Waals surface area contributed by atoms with Crippen LogP contribution in [-0.4, -0.2) is 19.6 Å². The van der Waals surface area contributed by atoms with E-state index in [1.807, 2.05) is 6.07 Å². The van der Waals surface area contributed by atoms with E-state index >= 15 is 0 Å². The van der Waals surface area contributed by atoms with E-state index in [0.29, 0.717) is 5.92 Å². The minimum absolute atomic E-state index is 0. The zero-order valence-electron chi connectivity index (χ0n) is 13.8. The first-order valence-electron chi connectivity index (χ1n) is 8.55. The average molecular weight is 352 g/mol. The van der Waals surface area contributed by atoms with Crippen LogP contribution in [0.5, 0.6) is 0 Å². The highest BCUT2D eigenvalue weighted by Gasteiger charge is 2.24. The summed E-state index contributed by atoms with van der Waals surface area (Å²) in [4.78, 5) is 1.59. The molecule has 0 radical (unpaired) electrons. The predicted octanol–water partition coefficient (Wildman–Crippen LogP) is 0.364. The first kappa shape index (κ1) is 18.9. The van der Waals surface area contributed by atoms with Crippen LogP contribution < -0.4 is 17.3 Å². The number of hydrogen-bond acceptors (Lipinski definition) is 0. The van der Waals surface area contributed by atoms with Gasteiger partial charge in [-0.3, -0.25) is 0 Å². The van der Waals surface area contributed by atoms with Gasteiger partial charge in [-0.2, -0.15) is 0 Å². The molecule has 1 fully saturated rings. The fourth-order valence-electron chi connectivity index (χ4n) is 3.62. The van der Waals surface area contributed by atoms with Gasteiger partial charge in [0.25, 0.3) is 0 Å². The lowest BCUT2D eigenvalue weighted by atomic mass is 9.90. The molecule has 2 aromatic carbocycles. The zero-order chi connectivity index (χ0) is 16.1. The molecule has 0 saturated carbocycles. The summed E-state index contributed by atoms with van der Waals surface area (Å²) in [5, 5.41) is 0. The molecule has 24 heavy (non-hydrogen) atoms. The van der Waals surface area contributed by atoms with E-state index in [2.05, 4.69) is 24.3 Å². The summed E-state index contributed by atoms with van der Waals surface area (Å²) >= 11 is 0. The number of aryl methyl sites for hydroxylation is 1. The molecule has 0 amide bonds. The van der Waals surface area contributed by atoms with Gasteiger partial charge < -0.3 is 17.3 Å². The van der Waals surface area contributed by atoms with Crippen molar-refractivity contribution in [3.05, 3.63) is 71.3 Å². The monoisotopic (exact) mass is 351 g/mol. The lowest BCUT2D eigenvalue weighted by Crippen LogP contribution is -3.13. The van der Waals surface area contributed by atoms with Crippen LogP contribution in [0.3, 0.4) is 0 Å². The molecule has 1 N–H and O–H groups in total. The van der Waals surface area contributed by atoms with Crippen molar-refractivity contribution in [1.29, 1.82) is 0 Å². The van der Waals surface area contributed by atoms with Crippen molar-refractivity contribution in [3.63, 3.8) is 0 Å². The van der Waals surface area contributed by atoms with E-state index in [1.54, 1.807) is 11.0 Å². The van der Waals surface area contributed by atoms with Crippen LogP contribution in [0, 0.1) is 11.6 Å². The second-order valence-electron chi connectivity index (χ2n) is 6.56. The Morgan fingerprint density at radius 3 is 2.54 bits per heavy atom. The van der Waals surface area contributed by atoms with Crippen LogP contribution in [0.25, 0.3) is 0 Å². The molecule has 130 valence electrons. The smallest absolute Gasteiger partial charge is 0.159 e. The molecule has 1 heterocycles. The number of benzene rings is 2. The number of halogens is 3. The molecule has 2 unspecified atom stereocenters. The molecular formula is C20H24ClF2N. The normalized spacial score (nSPS) is 20.4. The molecule has 4 heteroatoms. The maximum Gasteiger partial charge on any atom is 0.159 e. The fourth-order valence-corrected chi connectivity index (χ4v) is 3.62. The Labute approximate surface area is 149 Å². The Hall–Kier alpha value is -1.45. The summed E-state index contributed by atoms with van der Waals surface area (Å²) in [5.74, 6) is -1.12. The molecule has 0 aromatic heterocycles. The zero-order valence-corrected chi connectivity index (χ0v) is 14.5. The Kier molecular flexibility index (Phi) is 7.19. The van der Waals surface area contributed by atoms with Crippen molar-refractivity contribution in [2.24, 2.45) is 0 Å². The Bertz CT molecular complexity index is 633. The number of piperidine rings is 1. The highest BCUT2D eigenvalue weighted by molar-refractivity contribution is 5.22. The van der Waals surface area contributed by atoms with Gasteiger partial charge in [-0.1, -0.05) is 36.4 Å². The quantitative estimate of drug-likeness (QED) is 0.793. The molecule has 1 saturated heterocycles. The van der Waals surface area contributed by atoms with Gasteiger partial charge in [0.1, 0.15) is 0 Å². The summed E-state index contributed by atoms with van der Waals surface area (Å²) in [6.45, 7) is 3.36. The molecule has 1 aliphatic heterocycles. The number of hydrogen-bond donors (Lipinski definition) is 1. The van der Waals surface area contributed by atoms with E-state index in [1.165, 1.54) is 30.7 Å². The highest BCUT2D eigenvalue weighted by Crippen LogP contribution is 2.23. The maximum atomic E-state index is 13.4. The van der Waals surface area contributed by atoms with Gasteiger partial charge in [0.05, 0.1) is 19.6 Å². The largest absolute Gasteiger partial charge is 1.00 e. The average Bonchev–Trinajstić information content (AvgIpc) is 2.59. The van der Waals surface area contributed by atoms with Crippen molar-refractivity contribution in [1.82, 2.24) is 0 Å². The Morgan fingerprint density at radius 1 is 1.00 bits per heavy atom. The van der Waals surface area contributed by atoms with Crippen molar-refractivity contribution < 1.29 is 26.1 Å². The number of nitrogens with one attached hydrogen (secondary N) is 1. The summed E-state index contributed by atoms with van der Waals surface area (Å²) in [7, 11) is 0. The molecular weight excluding hydrogens is 328 g/mol. The topological polar surface area (TPSA) is 4.44 Å². The molecule has 1 nitrogen and oxygen atoms in total. The van der Waals surface area contributed by atoms with Gasteiger partial charge in [0.15, 0.2) is 11.6 Å². The van der Waals surface area contributed by atoms with Gasteiger partial charge >= 0.3 is 0 Å². The van der Waals surface area contributed by atoms with Crippen LogP contribution >= 0.6 is 0 Å². The lowest BCUT2D eigenvalue weighted by molar-refractivity contribution is -0.906. The van der Waals surface area contributed by atoms with Crippen LogP contribution in [0.2, 0.25) is 0 Å². The highest BCUT2D eigenvalue weighted by atomic mass is 35.5.